The van der Waals surface area contributed by atoms with Crippen LogP contribution in [0.3, 0.4) is 0 Å². The molecular weight excluding hydrogens is 807 g/mol. The maximum absolute atomic E-state index is 14.3. The molecule has 0 unspecified atom stereocenters. The molecule has 18 heteroatoms. The van der Waals surface area contributed by atoms with E-state index in [9.17, 15) is 47.4 Å². The van der Waals surface area contributed by atoms with Gasteiger partial charge in [-0.15, -0.1) is 0 Å². The van der Waals surface area contributed by atoms with Crippen LogP contribution >= 0.6 is 0 Å². The standard InChI is InChI=1S/C44H58F2N8O8/c1-24-17-36(26(3)55)54(23-24)41(59)25(2)47-40(58)34-9-6-7-14-52(34)42(60)35-10-8-15-53(35)43(61)38(27(4)56)50-39(57)33(20-28-18-30(45)21-31(46)19-28)49-44(62)48-32-12-11-29-13-16-51(5)37(29)22-32/h11-12,18-19,21-22,24-25,27,33-36,38,56H,6-10,13-17,20,23H2,1-5H3,(H,47,58)(H,50,57)(H2,48,49,62)/t24-,25+,27+,33+,34+,35+,36+,38+/m1/s1. The molecule has 6 rings (SSSR count). The van der Waals surface area contributed by atoms with Crippen molar-refractivity contribution >= 4 is 52.7 Å². The molecule has 7 amide bonds. The molecule has 62 heavy (non-hydrogen) atoms. The highest BCUT2D eigenvalue weighted by Gasteiger charge is 2.45. The number of halogens is 2. The number of aliphatic hydroxyl groups excluding tert-OH is 1. The summed E-state index contributed by atoms with van der Waals surface area (Å²) in [5.41, 5.74) is 2.51. The molecular formula is C44H58F2N8O8. The number of likely N-dealkylation sites (N-methyl/N-ethyl adjacent to an activating group) is 1. The molecule has 8 atom stereocenters. The number of carbonyl (C=O) groups is 7. The molecule has 0 aliphatic carbocycles. The summed E-state index contributed by atoms with van der Waals surface area (Å²) in [6, 6.07) is 0.713. The number of ketones is 1. The Labute approximate surface area is 360 Å². The summed E-state index contributed by atoms with van der Waals surface area (Å²) < 4.78 is 28.5. The molecule has 5 N–H and O–H groups in total. The van der Waals surface area contributed by atoms with Gasteiger partial charge in [0.25, 0.3) is 0 Å². The predicted molar refractivity (Wildman–Crippen MR) is 225 cm³/mol. The highest BCUT2D eigenvalue weighted by molar-refractivity contribution is 5.98. The fourth-order valence-electron chi connectivity index (χ4n) is 9.18. The molecule has 0 bridgehead atoms. The van der Waals surface area contributed by atoms with Crippen molar-refractivity contribution in [3.05, 3.63) is 59.2 Å². The van der Waals surface area contributed by atoms with Gasteiger partial charge in [-0.05, 0) is 107 Å². The van der Waals surface area contributed by atoms with Gasteiger partial charge >= 0.3 is 6.03 Å². The summed E-state index contributed by atoms with van der Waals surface area (Å²) in [6.45, 7) is 7.77. The maximum Gasteiger partial charge on any atom is 0.319 e. The van der Waals surface area contributed by atoms with Gasteiger partial charge in [0.15, 0.2) is 5.78 Å². The molecule has 336 valence electrons. The number of piperidine rings is 1. The Morgan fingerprint density at radius 2 is 1.50 bits per heavy atom. The lowest BCUT2D eigenvalue weighted by Gasteiger charge is -2.39. The number of Topliss-reactive ketones (excluding diaryl/α,β-unsaturated/α-hetero) is 1. The van der Waals surface area contributed by atoms with Gasteiger partial charge in [-0.25, -0.2) is 13.6 Å². The van der Waals surface area contributed by atoms with E-state index in [1.54, 1.807) is 19.1 Å². The van der Waals surface area contributed by atoms with E-state index in [4.69, 9.17) is 0 Å². The Bertz CT molecular complexity index is 2050. The van der Waals surface area contributed by atoms with Crippen LogP contribution in [0.5, 0.6) is 0 Å². The van der Waals surface area contributed by atoms with Crippen molar-refractivity contribution in [1.82, 2.24) is 30.7 Å². The summed E-state index contributed by atoms with van der Waals surface area (Å²) in [5, 5.41) is 21.4. The highest BCUT2D eigenvalue weighted by atomic mass is 19.1. The van der Waals surface area contributed by atoms with E-state index < -0.39 is 83.6 Å². The van der Waals surface area contributed by atoms with Crippen LogP contribution < -0.4 is 26.2 Å². The molecule has 4 heterocycles. The number of nitrogens with one attached hydrogen (secondary N) is 4. The zero-order chi connectivity index (χ0) is 45.0. The van der Waals surface area contributed by atoms with Gasteiger partial charge in [0.05, 0.1) is 12.1 Å². The second-order valence-electron chi connectivity index (χ2n) is 17.3. The number of aliphatic hydroxyl groups is 1. The Morgan fingerprint density at radius 1 is 0.806 bits per heavy atom. The summed E-state index contributed by atoms with van der Waals surface area (Å²) in [6.07, 6.45) is 1.75. The van der Waals surface area contributed by atoms with Crippen molar-refractivity contribution in [3.8, 4) is 0 Å². The van der Waals surface area contributed by atoms with E-state index >= 15 is 0 Å². The number of anilines is 2. The molecule has 0 spiro atoms. The lowest BCUT2D eigenvalue weighted by molar-refractivity contribution is -0.152. The zero-order valence-electron chi connectivity index (χ0n) is 35.9. The quantitative estimate of drug-likeness (QED) is 0.201. The third kappa shape index (κ3) is 10.5. The van der Waals surface area contributed by atoms with E-state index in [-0.39, 0.29) is 49.1 Å². The van der Waals surface area contributed by atoms with Crippen LogP contribution in [-0.4, -0.2) is 137 Å². The number of amides is 7. The second-order valence-corrected chi connectivity index (χ2v) is 17.3. The minimum atomic E-state index is -1.60. The maximum atomic E-state index is 14.3. The predicted octanol–water partition coefficient (Wildman–Crippen LogP) is 2.26. The summed E-state index contributed by atoms with van der Waals surface area (Å²) in [5.74, 6) is -4.91. The zero-order valence-corrected chi connectivity index (χ0v) is 35.9. The van der Waals surface area contributed by atoms with Crippen LogP contribution in [-0.2, 0) is 41.6 Å². The van der Waals surface area contributed by atoms with Crippen LogP contribution in [0, 0.1) is 17.6 Å². The van der Waals surface area contributed by atoms with E-state index in [2.05, 4.69) is 21.3 Å². The van der Waals surface area contributed by atoms with Gasteiger partial charge in [0.2, 0.25) is 29.5 Å². The van der Waals surface area contributed by atoms with Gasteiger partial charge in [0, 0.05) is 57.1 Å². The Balaban J connectivity index is 1.14. The van der Waals surface area contributed by atoms with Crippen molar-refractivity contribution < 1.29 is 47.4 Å². The summed E-state index contributed by atoms with van der Waals surface area (Å²) >= 11 is 0. The molecule has 3 fully saturated rings. The average molecular weight is 865 g/mol. The lowest BCUT2D eigenvalue weighted by atomic mass is 9.99. The lowest BCUT2D eigenvalue weighted by Crippen LogP contribution is -2.62. The number of nitrogens with zero attached hydrogens (tertiary/aromatic N) is 4. The average Bonchev–Trinajstić information content (AvgIpc) is 3.97. The smallest absolute Gasteiger partial charge is 0.319 e. The van der Waals surface area contributed by atoms with Gasteiger partial charge in [0.1, 0.15) is 41.8 Å². The number of hydrogen-bond acceptors (Lipinski definition) is 9. The van der Waals surface area contributed by atoms with Crippen LogP contribution in [0.1, 0.15) is 77.3 Å². The molecule has 0 aromatic heterocycles. The van der Waals surface area contributed by atoms with E-state index in [1.807, 2.05) is 24.9 Å². The summed E-state index contributed by atoms with van der Waals surface area (Å²) in [4.78, 5) is 102. The molecule has 2 aromatic carbocycles. The molecule has 4 aliphatic rings. The van der Waals surface area contributed by atoms with Gasteiger partial charge in [-0.2, -0.15) is 0 Å². The fraction of sp³-hybridized carbons (Fsp3) is 0.568. The van der Waals surface area contributed by atoms with Crippen molar-refractivity contribution in [3.63, 3.8) is 0 Å². The van der Waals surface area contributed by atoms with Crippen LogP contribution in [0.15, 0.2) is 36.4 Å². The molecule has 2 aromatic rings. The van der Waals surface area contributed by atoms with Crippen molar-refractivity contribution in [2.45, 2.75) is 121 Å². The third-order valence-electron chi connectivity index (χ3n) is 12.4. The minimum absolute atomic E-state index is 0.0389. The minimum Gasteiger partial charge on any atom is -0.391 e. The molecule has 0 radical (unpaired) electrons. The Kier molecular flexibility index (Phi) is 14.5. The van der Waals surface area contributed by atoms with Crippen LogP contribution in [0.25, 0.3) is 0 Å². The number of rotatable bonds is 13. The first kappa shape index (κ1) is 45.9. The highest BCUT2D eigenvalue weighted by Crippen LogP contribution is 2.30. The first-order valence-corrected chi connectivity index (χ1v) is 21.5. The van der Waals surface area contributed by atoms with E-state index in [1.165, 1.54) is 28.5 Å². The number of fused-ring (bicyclic) bond motifs is 1. The van der Waals surface area contributed by atoms with Gasteiger partial charge in [-0.3, -0.25) is 28.8 Å². The Hall–Kier alpha value is -5.65. The van der Waals surface area contributed by atoms with Crippen molar-refractivity contribution in [2.24, 2.45) is 5.92 Å². The first-order chi connectivity index (χ1) is 29.4. The normalized spacial score (nSPS) is 22.9. The largest absolute Gasteiger partial charge is 0.391 e. The Morgan fingerprint density at radius 3 is 2.19 bits per heavy atom. The van der Waals surface area contributed by atoms with Crippen molar-refractivity contribution in [1.29, 1.82) is 0 Å². The number of likely N-dealkylation sites (tertiary alicyclic amines) is 3. The monoisotopic (exact) mass is 864 g/mol. The fourth-order valence-corrected chi connectivity index (χ4v) is 9.18. The number of hydrogen-bond donors (Lipinski definition) is 5. The van der Waals surface area contributed by atoms with Gasteiger partial charge in [-0.1, -0.05) is 13.0 Å². The van der Waals surface area contributed by atoms with Crippen molar-refractivity contribution in [2.75, 3.05) is 43.4 Å². The molecule has 16 nitrogen and oxygen atoms in total. The topological polar surface area (TPSA) is 201 Å². The number of benzene rings is 2. The molecule has 3 saturated heterocycles. The van der Waals surface area contributed by atoms with E-state index in [0.29, 0.717) is 50.4 Å². The van der Waals surface area contributed by atoms with Crippen LogP contribution in [0.2, 0.25) is 0 Å². The molecule has 0 saturated carbocycles. The van der Waals surface area contributed by atoms with E-state index in [0.717, 1.165) is 36.3 Å². The second kappa shape index (κ2) is 19.6. The SMILES string of the molecule is CC(=O)[C@@H]1C[C@@H](C)CN1C(=O)[C@H](C)NC(=O)[C@@H]1CCCCN1C(=O)[C@@H]1CCCN1C(=O)[C@@H](NC(=O)[C@H](Cc1cc(F)cc(F)c1)NC(=O)Nc1ccc2c(c1)N(C)CC2)[C@H](C)O. The molecule has 4 aliphatic heterocycles. The number of carbonyl (C=O) groups excluding carboxylic acids is 7. The van der Waals surface area contributed by atoms with Crippen LogP contribution in [0.4, 0.5) is 25.0 Å². The first-order valence-electron chi connectivity index (χ1n) is 21.5. The number of urea groups is 1. The third-order valence-corrected chi connectivity index (χ3v) is 12.4. The summed E-state index contributed by atoms with van der Waals surface area (Å²) in [7, 11) is 1.92. The van der Waals surface area contributed by atoms with Gasteiger partial charge < -0.3 is 46.0 Å².